The Hall–Kier alpha value is -3.38. The molecule has 0 aliphatic carbocycles. The van der Waals surface area contributed by atoms with Gasteiger partial charge < -0.3 is 19.7 Å². The molecule has 0 unspecified atom stereocenters. The Bertz CT molecular complexity index is 874. The summed E-state index contributed by atoms with van der Waals surface area (Å²) in [6.45, 7) is 3.02. The first-order valence-electron chi connectivity index (χ1n) is 9.19. The molecule has 29 heavy (non-hydrogen) atoms. The summed E-state index contributed by atoms with van der Waals surface area (Å²) >= 11 is 0. The average Bonchev–Trinajstić information content (AvgIpc) is 2.73. The van der Waals surface area contributed by atoms with Gasteiger partial charge in [-0.15, -0.1) is 0 Å². The number of benzene rings is 2. The first-order valence-corrected chi connectivity index (χ1v) is 9.19. The lowest BCUT2D eigenvalue weighted by Crippen LogP contribution is -2.28. The number of esters is 1. The molecule has 0 saturated carbocycles. The number of aliphatic carboxylic acids is 1. The van der Waals surface area contributed by atoms with Crippen LogP contribution in [-0.2, 0) is 20.9 Å². The van der Waals surface area contributed by atoms with Crippen molar-refractivity contribution in [1.29, 1.82) is 0 Å². The van der Waals surface area contributed by atoms with Crippen LogP contribution in [-0.4, -0.2) is 42.1 Å². The fourth-order valence-corrected chi connectivity index (χ4v) is 2.90. The smallest absolute Gasteiger partial charge is 0.330 e. The van der Waals surface area contributed by atoms with Gasteiger partial charge in [-0.2, -0.15) is 0 Å². The molecule has 0 aromatic heterocycles. The summed E-state index contributed by atoms with van der Waals surface area (Å²) in [5.74, 6) is -1.79. The van der Waals surface area contributed by atoms with Gasteiger partial charge in [0.15, 0.2) is 0 Å². The van der Waals surface area contributed by atoms with Crippen LogP contribution in [0.2, 0.25) is 0 Å². The van der Waals surface area contributed by atoms with Crippen molar-refractivity contribution >= 4 is 17.5 Å². The number of carbonyl (C=O) groups excluding carboxylic acids is 2. The van der Waals surface area contributed by atoms with Gasteiger partial charge in [0.2, 0.25) is 0 Å². The summed E-state index contributed by atoms with van der Waals surface area (Å²) in [7, 11) is 1.15. The highest BCUT2D eigenvalue weighted by Crippen LogP contribution is 2.24. The molecular weight excluding hydrogens is 370 g/mol. The normalized spacial score (nSPS) is 13.9. The molecule has 0 saturated heterocycles. The van der Waals surface area contributed by atoms with Gasteiger partial charge in [0.25, 0.3) is 0 Å². The van der Waals surface area contributed by atoms with Crippen LogP contribution in [0.1, 0.15) is 17.5 Å². The van der Waals surface area contributed by atoms with Crippen LogP contribution >= 0.6 is 0 Å². The molecule has 1 N–H and O–H groups in total. The van der Waals surface area contributed by atoms with Crippen LogP contribution < -0.4 is 5.11 Å². The monoisotopic (exact) mass is 394 g/mol. The van der Waals surface area contributed by atoms with E-state index in [1.807, 2.05) is 12.1 Å². The van der Waals surface area contributed by atoms with Crippen LogP contribution in [0.25, 0.3) is 5.57 Å². The molecule has 1 aliphatic heterocycles. The minimum absolute atomic E-state index is 0.337. The number of aromatic hydroxyl groups is 1. The third-order valence-corrected chi connectivity index (χ3v) is 4.25. The molecule has 0 atom stereocenters. The number of carbonyl (C=O) groups is 2. The lowest BCUT2D eigenvalue weighted by molar-refractivity contribution is -0.297. The van der Waals surface area contributed by atoms with Crippen LogP contribution in [0.5, 0.6) is 5.75 Å². The Balaban J connectivity index is 0.000000284. The molecule has 152 valence electrons. The maximum Gasteiger partial charge on any atom is 0.330 e. The van der Waals surface area contributed by atoms with E-state index in [0.29, 0.717) is 11.8 Å². The molecule has 6 nitrogen and oxygen atoms in total. The molecule has 0 fully saturated rings. The second kappa shape index (κ2) is 11.5. The Morgan fingerprint density at radius 3 is 2.55 bits per heavy atom. The van der Waals surface area contributed by atoms with Gasteiger partial charge in [0.1, 0.15) is 5.75 Å². The van der Waals surface area contributed by atoms with Gasteiger partial charge in [-0.1, -0.05) is 48.5 Å². The highest BCUT2D eigenvalue weighted by atomic mass is 16.5. The number of methoxy groups -OCH3 is 1. The highest BCUT2D eigenvalue weighted by Gasteiger charge is 2.14. The molecule has 2 aromatic carbocycles. The average molecular weight is 394 g/mol. The number of ether oxygens (including phenoxy) is 1. The Kier molecular flexibility index (Phi) is 8.66. The topological polar surface area (TPSA) is 89.9 Å². The molecule has 3 rings (SSSR count). The van der Waals surface area contributed by atoms with Gasteiger partial charge in [0.05, 0.1) is 13.1 Å². The van der Waals surface area contributed by atoms with Crippen LogP contribution in [0.4, 0.5) is 0 Å². The Morgan fingerprint density at radius 2 is 1.90 bits per heavy atom. The largest absolute Gasteiger partial charge is 0.545 e. The van der Waals surface area contributed by atoms with Gasteiger partial charge in [-0.25, -0.2) is 4.79 Å². The van der Waals surface area contributed by atoms with Gasteiger partial charge in [-0.05, 0) is 41.3 Å². The third-order valence-electron chi connectivity index (χ3n) is 4.25. The lowest BCUT2D eigenvalue weighted by Gasteiger charge is -2.27. The minimum Gasteiger partial charge on any atom is -0.545 e. The van der Waals surface area contributed by atoms with Crippen molar-refractivity contribution in [3.63, 3.8) is 0 Å². The number of phenolic OH excluding ortho intramolecular Hbond substituents is 1. The molecule has 0 spiro atoms. The molecule has 0 bridgehead atoms. The first kappa shape index (κ1) is 21.9. The molecule has 0 radical (unpaired) electrons. The summed E-state index contributed by atoms with van der Waals surface area (Å²) in [5.41, 5.74) is 3.79. The number of hydrogen-bond acceptors (Lipinski definition) is 6. The van der Waals surface area contributed by atoms with E-state index in [4.69, 9.17) is 0 Å². The molecule has 0 amide bonds. The van der Waals surface area contributed by atoms with Crippen molar-refractivity contribution in [2.75, 3.05) is 20.2 Å². The molecule has 6 heteroatoms. The van der Waals surface area contributed by atoms with E-state index in [1.54, 1.807) is 6.07 Å². The van der Waals surface area contributed by atoms with Gasteiger partial charge in [-0.3, -0.25) is 4.90 Å². The van der Waals surface area contributed by atoms with Gasteiger partial charge in [0, 0.05) is 25.7 Å². The maximum atomic E-state index is 10.1. The molecule has 1 aliphatic rings. The van der Waals surface area contributed by atoms with Crippen molar-refractivity contribution in [2.24, 2.45) is 0 Å². The van der Waals surface area contributed by atoms with Crippen LogP contribution in [0, 0.1) is 0 Å². The second-order valence-corrected chi connectivity index (χ2v) is 6.44. The summed E-state index contributed by atoms with van der Waals surface area (Å²) in [4.78, 5) is 22.2. The molecule has 2 aromatic rings. The quantitative estimate of drug-likeness (QED) is 0.617. The van der Waals surface area contributed by atoms with Crippen molar-refractivity contribution < 1.29 is 24.5 Å². The zero-order valence-corrected chi connectivity index (χ0v) is 16.3. The lowest BCUT2D eigenvalue weighted by atomic mass is 10.0. The predicted octanol–water partition coefficient (Wildman–Crippen LogP) is 2.15. The summed E-state index contributed by atoms with van der Waals surface area (Å²) in [6.07, 6.45) is 4.73. The van der Waals surface area contributed by atoms with Gasteiger partial charge >= 0.3 is 5.97 Å². The van der Waals surface area contributed by atoms with E-state index >= 15 is 0 Å². The van der Waals surface area contributed by atoms with E-state index in [-0.39, 0.29) is 0 Å². The van der Waals surface area contributed by atoms with E-state index in [2.05, 4.69) is 52.1 Å². The van der Waals surface area contributed by atoms with E-state index in [0.717, 1.165) is 44.8 Å². The van der Waals surface area contributed by atoms with Crippen molar-refractivity contribution in [2.45, 2.75) is 13.0 Å². The maximum absolute atomic E-state index is 10.1. The van der Waals surface area contributed by atoms with E-state index < -0.39 is 11.9 Å². The number of hydrogen-bond donors (Lipinski definition) is 1. The first-order chi connectivity index (χ1) is 14.0. The molecule has 1 heterocycles. The number of carboxylic acids is 1. The van der Waals surface area contributed by atoms with Crippen LogP contribution in [0.3, 0.4) is 0 Å². The number of carboxylic acid groups (broad SMARTS) is 1. The number of nitrogens with zero attached hydrogens (tertiary/aromatic N) is 1. The summed E-state index contributed by atoms with van der Waals surface area (Å²) < 4.78 is 4.08. The van der Waals surface area contributed by atoms with E-state index in [9.17, 15) is 19.8 Å². The van der Waals surface area contributed by atoms with Crippen molar-refractivity contribution in [1.82, 2.24) is 4.90 Å². The zero-order chi connectivity index (χ0) is 21.1. The standard InChI is InChI=1S/C18H19NO.C5H6O4/c20-18-10-4-8-16(12-18)17-9-5-11-19(14-17)13-15-6-2-1-3-7-15;1-9-5(8)3-2-4(6)7/h1-4,6-10,12,20H,5,11,13-14H2;2-3H,1H3,(H,6,7)/p-1/b;3-2+. The zero-order valence-electron chi connectivity index (χ0n) is 16.3. The van der Waals surface area contributed by atoms with Crippen molar-refractivity contribution in [3.8, 4) is 5.75 Å². The minimum atomic E-state index is -1.42. The number of phenols is 1. The SMILES string of the molecule is COC(=O)/C=C/C(=O)[O-].Oc1cccc(C2=CCCN(Cc3ccccc3)C2)c1. The number of rotatable bonds is 5. The fraction of sp³-hybridized carbons (Fsp3) is 0.217. The highest BCUT2D eigenvalue weighted by molar-refractivity contribution is 5.89. The predicted molar refractivity (Wildman–Crippen MR) is 109 cm³/mol. The third kappa shape index (κ3) is 8.02. The molecular formula is C23H24NO5-. The van der Waals surface area contributed by atoms with Crippen molar-refractivity contribution in [3.05, 3.63) is 84.0 Å². The fourth-order valence-electron chi connectivity index (χ4n) is 2.90. The summed E-state index contributed by atoms with van der Waals surface area (Å²) in [5, 5.41) is 19.2. The Morgan fingerprint density at radius 1 is 1.14 bits per heavy atom. The summed E-state index contributed by atoms with van der Waals surface area (Å²) in [6, 6.07) is 18.1. The van der Waals surface area contributed by atoms with E-state index in [1.165, 1.54) is 11.1 Å². The Labute approximate surface area is 170 Å². The van der Waals surface area contributed by atoms with Crippen LogP contribution in [0.15, 0.2) is 72.8 Å². The second-order valence-electron chi connectivity index (χ2n) is 6.44.